The van der Waals surface area contributed by atoms with Crippen LogP contribution in [0.15, 0.2) is 24.3 Å². The molecule has 2 rings (SSSR count). The van der Waals surface area contributed by atoms with Crippen LogP contribution in [0.4, 0.5) is 0 Å². The quantitative estimate of drug-likeness (QED) is 0.462. The first kappa shape index (κ1) is 7.15. The maximum absolute atomic E-state index is 4.13. The van der Waals surface area contributed by atoms with Crippen molar-refractivity contribution in [1.29, 1.82) is 0 Å². The molecule has 0 saturated heterocycles. The zero-order valence-corrected chi connectivity index (χ0v) is 7.10. The Morgan fingerprint density at radius 1 is 1.09 bits per heavy atom. The van der Waals surface area contributed by atoms with E-state index < -0.39 is 0 Å². The highest BCUT2D eigenvalue weighted by Crippen LogP contribution is 2.45. The predicted octanol–water partition coefficient (Wildman–Crippen LogP) is 3.31. The number of fused-ring (bicyclic) bond motifs is 1. The van der Waals surface area contributed by atoms with E-state index in [1.807, 2.05) is 0 Å². The molecule has 2 unspecified atom stereocenters. The van der Waals surface area contributed by atoms with E-state index in [-0.39, 0.29) is 0 Å². The molecule has 0 aromatic rings. The highest BCUT2D eigenvalue weighted by atomic mass is 14.4. The summed E-state index contributed by atoms with van der Waals surface area (Å²) in [5.41, 5.74) is 2.99. The van der Waals surface area contributed by atoms with Gasteiger partial charge in [-0.1, -0.05) is 24.3 Å². The molecular formula is C11H16. The highest BCUT2D eigenvalue weighted by Gasteiger charge is 2.32. The zero-order chi connectivity index (χ0) is 7.84. The van der Waals surface area contributed by atoms with E-state index in [0.29, 0.717) is 0 Å². The molecule has 0 N–H and O–H groups in total. The Balaban J connectivity index is 2.11. The Morgan fingerprint density at radius 3 is 2.73 bits per heavy atom. The molecule has 0 radical (unpaired) electrons. The Kier molecular flexibility index (Phi) is 1.63. The summed E-state index contributed by atoms with van der Waals surface area (Å²) in [4.78, 5) is 0. The van der Waals surface area contributed by atoms with Crippen molar-refractivity contribution in [3.63, 3.8) is 0 Å². The smallest absolute Gasteiger partial charge is 0.0171 e. The lowest BCUT2D eigenvalue weighted by atomic mass is 9.78. The van der Waals surface area contributed by atoms with Crippen LogP contribution < -0.4 is 0 Å². The molecular weight excluding hydrogens is 132 g/mol. The van der Waals surface area contributed by atoms with Crippen molar-refractivity contribution in [3.05, 3.63) is 24.3 Å². The largest absolute Gasteiger partial charge is 0.0999 e. The van der Waals surface area contributed by atoms with E-state index in [4.69, 9.17) is 0 Å². The minimum absolute atomic E-state index is 0.862. The van der Waals surface area contributed by atoms with Crippen LogP contribution in [0.5, 0.6) is 0 Å². The van der Waals surface area contributed by atoms with Gasteiger partial charge in [0.25, 0.3) is 0 Å². The second-order valence-electron chi connectivity index (χ2n) is 4.06. The highest BCUT2D eigenvalue weighted by molar-refractivity contribution is 5.15. The molecule has 2 aliphatic carbocycles. The molecule has 0 heterocycles. The summed E-state index contributed by atoms with van der Waals surface area (Å²) in [6, 6.07) is 0. The van der Waals surface area contributed by atoms with E-state index in [1.54, 1.807) is 0 Å². The molecule has 2 fully saturated rings. The van der Waals surface area contributed by atoms with Crippen LogP contribution in [0.3, 0.4) is 0 Å². The fourth-order valence-electron chi connectivity index (χ4n) is 2.61. The summed E-state index contributed by atoms with van der Waals surface area (Å²) in [6.07, 6.45) is 6.53. The SMILES string of the molecule is C=C1CCC2C(=C)CCC2C1. The van der Waals surface area contributed by atoms with Crippen molar-refractivity contribution >= 4 is 0 Å². The number of hydrogen-bond donors (Lipinski definition) is 0. The van der Waals surface area contributed by atoms with Crippen LogP contribution in [0.25, 0.3) is 0 Å². The van der Waals surface area contributed by atoms with E-state index in [0.717, 1.165) is 11.8 Å². The van der Waals surface area contributed by atoms with E-state index in [2.05, 4.69) is 13.2 Å². The predicted molar refractivity (Wildman–Crippen MR) is 48.3 cm³/mol. The molecule has 2 atom stereocenters. The third-order valence-corrected chi connectivity index (χ3v) is 3.29. The van der Waals surface area contributed by atoms with Crippen LogP contribution in [0.1, 0.15) is 32.1 Å². The average Bonchev–Trinajstić information content (AvgIpc) is 2.32. The molecule has 0 spiro atoms. The van der Waals surface area contributed by atoms with Gasteiger partial charge in [-0.2, -0.15) is 0 Å². The summed E-state index contributed by atoms with van der Waals surface area (Å²) in [7, 11) is 0. The first-order chi connectivity index (χ1) is 5.27. The Morgan fingerprint density at radius 2 is 1.91 bits per heavy atom. The number of hydrogen-bond acceptors (Lipinski definition) is 0. The van der Waals surface area contributed by atoms with Gasteiger partial charge in [0.2, 0.25) is 0 Å². The Bertz CT molecular complexity index is 200. The first-order valence-corrected chi connectivity index (χ1v) is 4.61. The lowest BCUT2D eigenvalue weighted by Gasteiger charge is -2.27. The molecule has 2 aliphatic rings. The summed E-state index contributed by atoms with van der Waals surface area (Å²) < 4.78 is 0. The molecule has 0 nitrogen and oxygen atoms in total. The van der Waals surface area contributed by atoms with Crippen LogP contribution in [-0.4, -0.2) is 0 Å². The maximum atomic E-state index is 4.13. The second kappa shape index (κ2) is 2.51. The summed E-state index contributed by atoms with van der Waals surface area (Å²) in [5, 5.41) is 0. The minimum Gasteiger partial charge on any atom is -0.0999 e. The van der Waals surface area contributed by atoms with Gasteiger partial charge in [0.15, 0.2) is 0 Å². The van der Waals surface area contributed by atoms with Gasteiger partial charge in [-0.25, -0.2) is 0 Å². The van der Waals surface area contributed by atoms with Crippen LogP contribution in [-0.2, 0) is 0 Å². The molecule has 60 valence electrons. The number of allylic oxidation sites excluding steroid dienone is 2. The van der Waals surface area contributed by atoms with Gasteiger partial charge in [0, 0.05) is 0 Å². The molecule has 0 amide bonds. The molecule has 11 heavy (non-hydrogen) atoms. The Labute approximate surface area is 69.0 Å². The Hall–Kier alpha value is -0.520. The molecule has 0 aromatic carbocycles. The van der Waals surface area contributed by atoms with Gasteiger partial charge >= 0.3 is 0 Å². The van der Waals surface area contributed by atoms with Gasteiger partial charge in [-0.3, -0.25) is 0 Å². The van der Waals surface area contributed by atoms with Crippen molar-refractivity contribution in [3.8, 4) is 0 Å². The lowest BCUT2D eigenvalue weighted by Crippen LogP contribution is -2.15. The standard InChI is InChI=1S/C11H16/c1-8-3-6-11-9(2)4-5-10(11)7-8/h10-11H,1-7H2. The van der Waals surface area contributed by atoms with Gasteiger partial charge in [0.1, 0.15) is 0 Å². The van der Waals surface area contributed by atoms with Crippen molar-refractivity contribution in [2.75, 3.05) is 0 Å². The molecule has 0 aromatic heterocycles. The zero-order valence-electron chi connectivity index (χ0n) is 7.10. The van der Waals surface area contributed by atoms with Gasteiger partial charge in [-0.15, -0.1) is 0 Å². The molecule has 0 heteroatoms. The number of rotatable bonds is 0. The summed E-state index contributed by atoms with van der Waals surface area (Å²) >= 11 is 0. The average molecular weight is 148 g/mol. The van der Waals surface area contributed by atoms with E-state index in [1.165, 1.54) is 43.3 Å². The lowest BCUT2D eigenvalue weighted by molar-refractivity contribution is 0.355. The van der Waals surface area contributed by atoms with Crippen molar-refractivity contribution in [2.45, 2.75) is 32.1 Å². The fourth-order valence-corrected chi connectivity index (χ4v) is 2.61. The van der Waals surface area contributed by atoms with Crippen molar-refractivity contribution in [1.82, 2.24) is 0 Å². The first-order valence-electron chi connectivity index (χ1n) is 4.61. The van der Waals surface area contributed by atoms with Crippen LogP contribution in [0, 0.1) is 11.8 Å². The topological polar surface area (TPSA) is 0 Å². The molecule has 0 bridgehead atoms. The van der Waals surface area contributed by atoms with Crippen LogP contribution in [0.2, 0.25) is 0 Å². The van der Waals surface area contributed by atoms with Crippen LogP contribution >= 0.6 is 0 Å². The van der Waals surface area contributed by atoms with Gasteiger partial charge in [-0.05, 0) is 43.9 Å². The van der Waals surface area contributed by atoms with Crippen molar-refractivity contribution in [2.24, 2.45) is 11.8 Å². The van der Waals surface area contributed by atoms with E-state index in [9.17, 15) is 0 Å². The normalized spacial score (nSPS) is 37.5. The maximum Gasteiger partial charge on any atom is -0.0171 e. The third-order valence-electron chi connectivity index (χ3n) is 3.29. The van der Waals surface area contributed by atoms with E-state index >= 15 is 0 Å². The summed E-state index contributed by atoms with van der Waals surface area (Å²) in [5.74, 6) is 1.78. The monoisotopic (exact) mass is 148 g/mol. The molecule has 2 saturated carbocycles. The molecule has 0 aliphatic heterocycles. The second-order valence-corrected chi connectivity index (χ2v) is 4.06. The van der Waals surface area contributed by atoms with Gasteiger partial charge in [0.05, 0.1) is 0 Å². The minimum atomic E-state index is 0.862. The fraction of sp³-hybridized carbons (Fsp3) is 0.636. The summed E-state index contributed by atoms with van der Waals surface area (Å²) in [6.45, 7) is 8.20. The van der Waals surface area contributed by atoms with Gasteiger partial charge < -0.3 is 0 Å². The van der Waals surface area contributed by atoms with Crippen molar-refractivity contribution < 1.29 is 0 Å². The third kappa shape index (κ3) is 1.15.